The molecule has 0 aliphatic carbocycles. The van der Waals surface area contributed by atoms with Crippen LogP contribution in [0, 0.1) is 12.7 Å². The van der Waals surface area contributed by atoms with Gasteiger partial charge in [0.05, 0.1) is 30.5 Å². The van der Waals surface area contributed by atoms with Crippen LogP contribution >= 0.6 is 11.3 Å². The lowest BCUT2D eigenvalue weighted by Crippen LogP contribution is -2.20. The molecule has 0 saturated heterocycles. The van der Waals surface area contributed by atoms with Gasteiger partial charge in [0.15, 0.2) is 0 Å². The highest BCUT2D eigenvalue weighted by atomic mass is 32.2. The second-order valence-electron chi connectivity index (χ2n) is 8.88. The molecule has 0 aliphatic rings. The topological polar surface area (TPSA) is 147 Å². The largest absolute Gasteiger partial charge is 0.481 e. The number of pyridine rings is 1. The van der Waals surface area contributed by atoms with Crippen molar-refractivity contribution in [1.82, 2.24) is 4.98 Å². The molecule has 0 saturated carbocycles. The van der Waals surface area contributed by atoms with Gasteiger partial charge < -0.3 is 20.5 Å². The third-order valence-electron chi connectivity index (χ3n) is 5.49. The van der Waals surface area contributed by atoms with Gasteiger partial charge in [-0.1, -0.05) is 6.07 Å². The molecule has 4 rings (SSSR count). The van der Waals surface area contributed by atoms with Crippen LogP contribution in [0.3, 0.4) is 0 Å². The minimum absolute atomic E-state index is 0.00211. The van der Waals surface area contributed by atoms with E-state index in [1.165, 1.54) is 30.7 Å². The van der Waals surface area contributed by atoms with E-state index in [1.54, 1.807) is 43.3 Å². The minimum atomic E-state index is -2.89. The van der Waals surface area contributed by atoms with Crippen molar-refractivity contribution >= 4 is 60.6 Å². The monoisotopic (exact) mass is 584 g/mol. The van der Waals surface area contributed by atoms with Crippen molar-refractivity contribution in [2.24, 2.45) is 4.36 Å². The van der Waals surface area contributed by atoms with Gasteiger partial charge in [-0.2, -0.15) is 4.36 Å². The number of benzene rings is 2. The molecule has 3 amide bonds. The Balaban J connectivity index is 1.44. The highest BCUT2D eigenvalue weighted by molar-refractivity contribution is 7.93. The predicted octanol–water partition coefficient (Wildman–Crippen LogP) is 6.28. The first kappa shape index (κ1) is 28.6. The molecule has 40 heavy (non-hydrogen) atoms. The zero-order valence-electron chi connectivity index (χ0n) is 21.5. The van der Waals surface area contributed by atoms with E-state index in [9.17, 15) is 23.0 Å². The number of urea groups is 1. The summed E-state index contributed by atoms with van der Waals surface area (Å²) < 4.78 is 36.9. The van der Waals surface area contributed by atoms with Gasteiger partial charge in [0.2, 0.25) is 0 Å². The number of carboxylic acid groups (broad SMARTS) is 1. The van der Waals surface area contributed by atoms with Crippen LogP contribution in [0.2, 0.25) is 0 Å². The zero-order valence-corrected chi connectivity index (χ0v) is 23.1. The number of carbonyl (C=O) groups excluding carboxylic acids is 2. The SMILES string of the molecule is Cc1ccc(F)c(NC(=O)Nc2ccc(Oc3ccnc4cc(C(=O)N=S(C)(=O)CCCC(=O)O)sc34)cc2)c1. The zero-order chi connectivity index (χ0) is 28.9. The number of aliphatic carboxylic acids is 1. The van der Waals surface area contributed by atoms with Gasteiger partial charge in [-0.05, 0) is 61.4 Å². The molecule has 0 aliphatic heterocycles. The van der Waals surface area contributed by atoms with E-state index in [0.29, 0.717) is 27.4 Å². The second kappa shape index (κ2) is 12.2. The number of fused-ring (bicyclic) bond motifs is 1. The molecule has 3 N–H and O–H groups in total. The number of anilines is 2. The summed E-state index contributed by atoms with van der Waals surface area (Å²) in [6, 6.07) is 13.5. The summed E-state index contributed by atoms with van der Waals surface area (Å²) in [7, 11) is -2.89. The van der Waals surface area contributed by atoms with Crippen LogP contribution in [-0.4, -0.2) is 44.2 Å². The fraction of sp³-hybridized carbons (Fsp3) is 0.185. The van der Waals surface area contributed by atoms with E-state index >= 15 is 0 Å². The maximum Gasteiger partial charge on any atom is 0.323 e. The maximum atomic E-state index is 13.9. The Labute approximate surface area is 233 Å². The fourth-order valence-electron chi connectivity index (χ4n) is 3.61. The number of hydrogen-bond donors (Lipinski definition) is 3. The average molecular weight is 585 g/mol. The van der Waals surface area contributed by atoms with Crippen molar-refractivity contribution in [3.05, 3.63) is 77.1 Å². The summed E-state index contributed by atoms with van der Waals surface area (Å²) in [4.78, 5) is 40.2. The van der Waals surface area contributed by atoms with Crippen molar-refractivity contribution < 1.29 is 32.8 Å². The van der Waals surface area contributed by atoms with Crippen LogP contribution in [0.25, 0.3) is 10.2 Å². The normalized spacial score (nSPS) is 12.4. The van der Waals surface area contributed by atoms with Gasteiger partial charge in [-0.3, -0.25) is 14.6 Å². The van der Waals surface area contributed by atoms with Gasteiger partial charge in [0.25, 0.3) is 5.91 Å². The number of nitrogens with one attached hydrogen (secondary N) is 2. The van der Waals surface area contributed by atoms with Crippen LogP contribution in [-0.2, 0) is 14.5 Å². The van der Waals surface area contributed by atoms with Crippen molar-refractivity contribution in [3.8, 4) is 11.5 Å². The van der Waals surface area contributed by atoms with Gasteiger partial charge in [0.1, 0.15) is 17.3 Å². The van der Waals surface area contributed by atoms with Gasteiger partial charge in [0, 0.05) is 36.4 Å². The maximum absolute atomic E-state index is 13.9. The number of halogens is 1. The van der Waals surface area contributed by atoms with Crippen LogP contribution in [0.4, 0.5) is 20.6 Å². The molecule has 1 unspecified atom stereocenters. The molecule has 2 aromatic heterocycles. The van der Waals surface area contributed by atoms with Crippen molar-refractivity contribution in [2.45, 2.75) is 19.8 Å². The lowest BCUT2D eigenvalue weighted by molar-refractivity contribution is -0.137. The summed E-state index contributed by atoms with van der Waals surface area (Å²) >= 11 is 1.09. The molecular weight excluding hydrogens is 559 g/mol. The molecule has 208 valence electrons. The van der Waals surface area contributed by atoms with E-state index < -0.39 is 33.5 Å². The number of carbonyl (C=O) groups is 3. The third-order valence-corrected chi connectivity index (χ3v) is 8.21. The Morgan fingerprint density at radius 2 is 1.85 bits per heavy atom. The lowest BCUT2D eigenvalue weighted by atomic mass is 10.2. The first-order valence-corrected chi connectivity index (χ1v) is 14.9. The Hall–Kier alpha value is -4.36. The molecule has 4 aromatic rings. The van der Waals surface area contributed by atoms with E-state index in [4.69, 9.17) is 9.84 Å². The lowest BCUT2D eigenvalue weighted by Gasteiger charge is -2.10. The predicted molar refractivity (Wildman–Crippen MR) is 152 cm³/mol. The summed E-state index contributed by atoms with van der Waals surface area (Å²) in [5.74, 6) is -1.34. The molecule has 0 spiro atoms. The van der Waals surface area contributed by atoms with Gasteiger partial charge in [-0.25, -0.2) is 13.4 Å². The van der Waals surface area contributed by atoms with Crippen LogP contribution in [0.5, 0.6) is 11.5 Å². The Morgan fingerprint density at radius 1 is 1.10 bits per heavy atom. The van der Waals surface area contributed by atoms with Crippen LogP contribution < -0.4 is 15.4 Å². The number of aryl methyl sites for hydroxylation is 1. The number of nitrogens with zero attached hydrogens (tertiary/aromatic N) is 2. The van der Waals surface area contributed by atoms with Crippen LogP contribution in [0.1, 0.15) is 28.1 Å². The molecule has 2 aromatic carbocycles. The molecule has 0 bridgehead atoms. The summed E-state index contributed by atoms with van der Waals surface area (Å²) in [5.41, 5.74) is 1.82. The summed E-state index contributed by atoms with van der Waals surface area (Å²) in [5, 5.41) is 13.9. The van der Waals surface area contributed by atoms with Gasteiger partial charge >= 0.3 is 12.0 Å². The molecular formula is C27H25FN4O6S2. The summed E-state index contributed by atoms with van der Waals surface area (Å²) in [6.45, 7) is 1.79. The molecule has 0 fully saturated rings. The second-order valence-corrected chi connectivity index (χ2v) is 12.4. The van der Waals surface area contributed by atoms with Gasteiger partial charge in [-0.15, -0.1) is 11.3 Å². The Bertz CT molecular complexity index is 1710. The highest BCUT2D eigenvalue weighted by Crippen LogP contribution is 2.35. The average Bonchev–Trinajstić information content (AvgIpc) is 3.33. The molecule has 10 nitrogen and oxygen atoms in total. The number of amides is 3. The third kappa shape index (κ3) is 7.61. The van der Waals surface area contributed by atoms with E-state index in [-0.39, 0.29) is 29.2 Å². The molecule has 0 radical (unpaired) electrons. The number of thiophene rings is 1. The Kier molecular flexibility index (Phi) is 8.75. The number of hydrogen-bond acceptors (Lipinski definition) is 7. The van der Waals surface area contributed by atoms with E-state index in [0.717, 1.165) is 16.9 Å². The number of aromatic nitrogens is 1. The molecule has 1 atom stereocenters. The van der Waals surface area contributed by atoms with Crippen molar-refractivity contribution in [1.29, 1.82) is 0 Å². The Morgan fingerprint density at radius 3 is 2.58 bits per heavy atom. The van der Waals surface area contributed by atoms with Crippen molar-refractivity contribution in [3.63, 3.8) is 0 Å². The highest BCUT2D eigenvalue weighted by Gasteiger charge is 2.16. The van der Waals surface area contributed by atoms with Crippen LogP contribution in [0.15, 0.2) is 65.2 Å². The van der Waals surface area contributed by atoms with E-state index in [1.807, 2.05) is 0 Å². The number of carboxylic acids is 1. The molecule has 2 heterocycles. The number of rotatable bonds is 9. The number of ether oxygens (including phenoxy) is 1. The quantitative estimate of drug-likeness (QED) is 0.210. The smallest absolute Gasteiger partial charge is 0.323 e. The fourth-order valence-corrected chi connectivity index (χ4v) is 5.84. The van der Waals surface area contributed by atoms with Crippen molar-refractivity contribution in [2.75, 3.05) is 22.6 Å². The first-order valence-electron chi connectivity index (χ1n) is 12.0. The molecule has 13 heteroatoms. The first-order chi connectivity index (χ1) is 19.0. The standard InChI is InChI=1S/C27H25FN4O6S2/c1-16-5-10-19(28)20(14-16)31-27(36)30-17-6-8-18(9-7-17)38-22-11-12-29-21-15-23(39-25(21)22)26(35)32-40(2,37)13-3-4-24(33)34/h5-12,14-15H,3-4,13H2,1-2H3,(H,33,34)(H2,30,31,36). The van der Waals surface area contributed by atoms with E-state index in [2.05, 4.69) is 20.0 Å². The minimum Gasteiger partial charge on any atom is -0.481 e. The summed E-state index contributed by atoms with van der Waals surface area (Å²) in [6.07, 6.45) is 2.85.